The lowest BCUT2D eigenvalue weighted by atomic mass is 10.1. The Bertz CT molecular complexity index is 172. The lowest BCUT2D eigenvalue weighted by Gasteiger charge is -2.09. The van der Waals surface area contributed by atoms with Crippen LogP contribution in [0.15, 0.2) is 0 Å². The predicted molar refractivity (Wildman–Crippen MR) is 32.5 cm³/mol. The summed E-state index contributed by atoms with van der Waals surface area (Å²) in [7, 11) is 0. The van der Waals surface area contributed by atoms with Crippen LogP contribution in [0, 0.1) is 0 Å². The van der Waals surface area contributed by atoms with Crippen molar-refractivity contribution in [3.63, 3.8) is 0 Å². The first-order valence-electron chi connectivity index (χ1n) is 3.04. The molecule has 1 rings (SSSR count). The third-order valence-electron chi connectivity index (χ3n) is 1.57. The van der Waals surface area contributed by atoms with E-state index in [4.69, 9.17) is 21.1 Å². The fourth-order valence-electron chi connectivity index (χ4n) is 0.913. The number of carboxylic acid groups (broad SMARTS) is 1. The molecule has 0 amide bonds. The van der Waals surface area contributed by atoms with Crippen LogP contribution in [0.3, 0.4) is 0 Å². The van der Waals surface area contributed by atoms with Crippen LogP contribution in [-0.2, 0) is 9.53 Å². The van der Waals surface area contributed by atoms with Gasteiger partial charge in [0.05, 0.1) is 6.04 Å². The van der Waals surface area contributed by atoms with Crippen LogP contribution in [-0.4, -0.2) is 45.8 Å². The molecular weight excluding hydrogens is 154 g/mol. The highest BCUT2D eigenvalue weighted by molar-refractivity contribution is 5.73. The van der Waals surface area contributed by atoms with Crippen LogP contribution in [0.2, 0.25) is 0 Å². The molecule has 0 spiro atoms. The van der Waals surface area contributed by atoms with Crippen LogP contribution >= 0.6 is 0 Å². The molecule has 0 radical (unpaired) electrons. The van der Waals surface area contributed by atoms with Crippen molar-refractivity contribution >= 4 is 5.97 Å². The van der Waals surface area contributed by atoms with Crippen molar-refractivity contribution in [1.29, 1.82) is 0 Å². The number of ether oxygens (including phenoxy) is 1. The summed E-state index contributed by atoms with van der Waals surface area (Å²) in [6.07, 6.45) is -4.14. The minimum absolute atomic E-state index is 1.07. The van der Waals surface area contributed by atoms with Gasteiger partial charge in [0, 0.05) is 0 Å². The third-order valence-corrected chi connectivity index (χ3v) is 1.57. The molecule has 1 aliphatic heterocycles. The summed E-state index contributed by atoms with van der Waals surface area (Å²) >= 11 is 0. The average Bonchev–Trinajstić information content (AvgIpc) is 2.17. The molecule has 0 aliphatic carbocycles. The predicted octanol–water partition coefficient (Wildman–Crippen LogP) is -2.52. The molecule has 4 atom stereocenters. The molecule has 0 unspecified atom stereocenters. The highest BCUT2D eigenvalue weighted by atomic mass is 16.6. The summed E-state index contributed by atoms with van der Waals surface area (Å²) in [5, 5.41) is 26.1. The van der Waals surface area contributed by atoms with Crippen molar-refractivity contribution in [2.75, 3.05) is 0 Å². The molecule has 0 aromatic heterocycles. The van der Waals surface area contributed by atoms with Gasteiger partial charge in [0.1, 0.15) is 6.10 Å². The SMILES string of the molecule is N[C@H]1[C@@H](O)[C@@H](O)O[C@@H]1C(=O)O. The summed E-state index contributed by atoms with van der Waals surface area (Å²) < 4.78 is 4.43. The monoisotopic (exact) mass is 163 g/mol. The van der Waals surface area contributed by atoms with E-state index in [2.05, 4.69) is 4.74 Å². The van der Waals surface area contributed by atoms with Crippen molar-refractivity contribution < 1.29 is 24.9 Å². The molecule has 6 nitrogen and oxygen atoms in total. The first-order chi connectivity index (χ1) is 5.04. The van der Waals surface area contributed by atoms with Crippen LogP contribution in [0.1, 0.15) is 0 Å². The molecular formula is C5H9NO5. The quantitative estimate of drug-likeness (QED) is 0.339. The Morgan fingerprint density at radius 2 is 2.00 bits per heavy atom. The second-order valence-electron chi connectivity index (χ2n) is 2.35. The zero-order valence-electron chi connectivity index (χ0n) is 5.54. The molecule has 1 heterocycles. The summed E-state index contributed by atoms with van der Waals surface area (Å²) in [4.78, 5) is 10.3. The van der Waals surface area contributed by atoms with Gasteiger partial charge in [-0.3, -0.25) is 0 Å². The average molecular weight is 163 g/mol. The molecule has 0 bridgehead atoms. The van der Waals surface area contributed by atoms with Gasteiger partial charge in [-0.25, -0.2) is 4.79 Å². The lowest BCUT2D eigenvalue weighted by Crippen LogP contribution is -2.43. The molecule has 1 fully saturated rings. The third kappa shape index (κ3) is 1.33. The number of aliphatic hydroxyl groups is 2. The zero-order valence-corrected chi connectivity index (χ0v) is 5.54. The van der Waals surface area contributed by atoms with E-state index in [9.17, 15) is 4.79 Å². The van der Waals surface area contributed by atoms with Gasteiger partial charge < -0.3 is 25.8 Å². The molecule has 0 aromatic rings. The van der Waals surface area contributed by atoms with E-state index < -0.39 is 30.5 Å². The van der Waals surface area contributed by atoms with E-state index in [0.717, 1.165) is 0 Å². The van der Waals surface area contributed by atoms with Crippen molar-refractivity contribution in [3.8, 4) is 0 Å². The Morgan fingerprint density at radius 3 is 2.18 bits per heavy atom. The van der Waals surface area contributed by atoms with Crippen molar-refractivity contribution in [2.24, 2.45) is 5.73 Å². The lowest BCUT2D eigenvalue weighted by molar-refractivity contribution is -0.164. The van der Waals surface area contributed by atoms with E-state index in [1.165, 1.54) is 0 Å². The minimum Gasteiger partial charge on any atom is -0.479 e. The van der Waals surface area contributed by atoms with E-state index in [0.29, 0.717) is 0 Å². The second kappa shape index (κ2) is 2.74. The highest BCUT2D eigenvalue weighted by Crippen LogP contribution is 2.17. The van der Waals surface area contributed by atoms with Gasteiger partial charge >= 0.3 is 5.97 Å². The topological polar surface area (TPSA) is 113 Å². The number of nitrogens with two attached hydrogens (primary N) is 1. The molecule has 5 N–H and O–H groups in total. The normalized spacial score (nSPS) is 44.3. The van der Waals surface area contributed by atoms with Crippen LogP contribution in [0.25, 0.3) is 0 Å². The van der Waals surface area contributed by atoms with Gasteiger partial charge in [0.15, 0.2) is 12.4 Å². The summed E-state index contributed by atoms with van der Waals surface area (Å²) in [6.45, 7) is 0. The number of carboxylic acids is 1. The van der Waals surface area contributed by atoms with Gasteiger partial charge in [0.25, 0.3) is 0 Å². The Kier molecular flexibility index (Phi) is 2.10. The van der Waals surface area contributed by atoms with Crippen LogP contribution in [0.5, 0.6) is 0 Å². The molecule has 1 aliphatic rings. The Morgan fingerprint density at radius 1 is 1.45 bits per heavy atom. The fourth-order valence-corrected chi connectivity index (χ4v) is 0.913. The molecule has 64 valence electrons. The Balaban J connectivity index is 2.67. The van der Waals surface area contributed by atoms with Gasteiger partial charge in [-0.2, -0.15) is 0 Å². The van der Waals surface area contributed by atoms with E-state index in [1.54, 1.807) is 0 Å². The number of hydrogen-bond acceptors (Lipinski definition) is 5. The second-order valence-corrected chi connectivity index (χ2v) is 2.35. The van der Waals surface area contributed by atoms with Gasteiger partial charge in [-0.05, 0) is 0 Å². The minimum atomic E-state index is -1.49. The number of hydrogen-bond donors (Lipinski definition) is 4. The van der Waals surface area contributed by atoms with Gasteiger partial charge in [0.2, 0.25) is 0 Å². The molecule has 11 heavy (non-hydrogen) atoms. The van der Waals surface area contributed by atoms with Crippen molar-refractivity contribution in [1.82, 2.24) is 0 Å². The standard InChI is InChI=1S/C5H9NO5/c6-1-2(7)5(10)11-3(1)4(8)9/h1-3,5,7,10H,6H2,(H,8,9)/t1-,2+,3-,5-/m0/s1. The summed E-state index contributed by atoms with van der Waals surface area (Å²) in [5.41, 5.74) is 5.20. The maximum Gasteiger partial charge on any atom is 0.334 e. The Labute approximate surface area is 62.2 Å². The maximum absolute atomic E-state index is 10.3. The molecule has 0 aromatic carbocycles. The number of aliphatic hydroxyl groups excluding tert-OH is 2. The van der Waals surface area contributed by atoms with Crippen molar-refractivity contribution in [2.45, 2.75) is 24.5 Å². The van der Waals surface area contributed by atoms with Gasteiger partial charge in [-0.1, -0.05) is 0 Å². The summed E-state index contributed by atoms with van der Waals surface area (Å²) in [5.74, 6) is -1.28. The first kappa shape index (κ1) is 8.41. The molecule has 0 saturated carbocycles. The van der Waals surface area contributed by atoms with E-state index >= 15 is 0 Å². The highest BCUT2D eigenvalue weighted by Gasteiger charge is 2.44. The van der Waals surface area contributed by atoms with Crippen LogP contribution in [0.4, 0.5) is 0 Å². The zero-order chi connectivity index (χ0) is 8.59. The molecule has 1 saturated heterocycles. The number of carbonyl (C=O) groups is 1. The van der Waals surface area contributed by atoms with E-state index in [-0.39, 0.29) is 0 Å². The fraction of sp³-hybridized carbons (Fsp3) is 0.800. The smallest absolute Gasteiger partial charge is 0.334 e. The summed E-state index contributed by atoms with van der Waals surface area (Å²) in [6, 6.07) is -1.07. The van der Waals surface area contributed by atoms with Crippen molar-refractivity contribution in [3.05, 3.63) is 0 Å². The van der Waals surface area contributed by atoms with E-state index in [1.807, 2.05) is 0 Å². The largest absolute Gasteiger partial charge is 0.479 e. The maximum atomic E-state index is 10.3. The van der Waals surface area contributed by atoms with Crippen LogP contribution < -0.4 is 5.73 Å². The van der Waals surface area contributed by atoms with Gasteiger partial charge in [-0.15, -0.1) is 0 Å². The number of rotatable bonds is 1. The first-order valence-corrected chi connectivity index (χ1v) is 3.04. The molecule has 6 heteroatoms. The Hall–Kier alpha value is -0.690. The number of aliphatic carboxylic acids is 1.